The van der Waals surface area contributed by atoms with E-state index in [1.54, 1.807) is 0 Å². The summed E-state index contributed by atoms with van der Waals surface area (Å²) in [7, 11) is -3.34. The van der Waals surface area contributed by atoms with Gasteiger partial charge < -0.3 is 11.1 Å². The molecule has 1 rings (SSSR count). The number of rotatable bonds is 9. The van der Waals surface area contributed by atoms with Crippen molar-refractivity contribution in [2.24, 2.45) is 5.73 Å². The molecule has 0 bridgehead atoms. The summed E-state index contributed by atoms with van der Waals surface area (Å²) in [6.45, 7) is 2.25. The van der Waals surface area contributed by atoms with E-state index in [9.17, 15) is 13.2 Å². The number of hydrogen-bond acceptors (Lipinski definition) is 4. The molecule has 1 unspecified atom stereocenters. The molecule has 0 aliphatic heterocycles. The minimum atomic E-state index is -3.34. The zero-order chi connectivity index (χ0) is 15.7. The van der Waals surface area contributed by atoms with E-state index in [1.807, 2.05) is 37.3 Å². The molecule has 1 atom stereocenters. The van der Waals surface area contributed by atoms with Crippen molar-refractivity contribution in [3.63, 3.8) is 0 Å². The SMILES string of the molecule is CC(N)CCNC(=O)CS(=O)(=O)CCCc1ccccc1.Cl. The summed E-state index contributed by atoms with van der Waals surface area (Å²) in [4.78, 5) is 11.5. The van der Waals surface area contributed by atoms with Gasteiger partial charge in [-0.05, 0) is 31.7 Å². The Balaban J connectivity index is 0.00000441. The Morgan fingerprint density at radius 2 is 1.91 bits per heavy atom. The molecular weight excluding hydrogens is 324 g/mol. The highest BCUT2D eigenvalue weighted by molar-refractivity contribution is 7.92. The van der Waals surface area contributed by atoms with E-state index in [4.69, 9.17) is 5.73 Å². The van der Waals surface area contributed by atoms with Gasteiger partial charge >= 0.3 is 0 Å². The van der Waals surface area contributed by atoms with Crippen LogP contribution >= 0.6 is 12.4 Å². The van der Waals surface area contributed by atoms with Crippen LogP contribution in [0, 0.1) is 0 Å². The van der Waals surface area contributed by atoms with Crippen LogP contribution in [-0.2, 0) is 21.1 Å². The van der Waals surface area contributed by atoms with Gasteiger partial charge in [0.2, 0.25) is 5.91 Å². The van der Waals surface area contributed by atoms with Crippen molar-refractivity contribution in [1.82, 2.24) is 5.32 Å². The first-order chi connectivity index (χ1) is 9.89. The number of sulfone groups is 1. The predicted molar refractivity (Wildman–Crippen MR) is 91.9 cm³/mol. The lowest BCUT2D eigenvalue weighted by Gasteiger charge is -2.08. The summed E-state index contributed by atoms with van der Waals surface area (Å²) in [6.07, 6.45) is 1.87. The average molecular weight is 349 g/mol. The Labute approximate surface area is 139 Å². The van der Waals surface area contributed by atoms with E-state index in [-0.39, 0.29) is 24.2 Å². The quantitative estimate of drug-likeness (QED) is 0.704. The van der Waals surface area contributed by atoms with E-state index in [0.29, 0.717) is 25.8 Å². The number of benzene rings is 1. The van der Waals surface area contributed by atoms with E-state index < -0.39 is 21.5 Å². The third-order valence-electron chi connectivity index (χ3n) is 3.04. The average Bonchev–Trinajstić information content (AvgIpc) is 2.38. The summed E-state index contributed by atoms with van der Waals surface area (Å²) >= 11 is 0. The maximum Gasteiger partial charge on any atom is 0.235 e. The van der Waals surface area contributed by atoms with Gasteiger partial charge in [-0.2, -0.15) is 0 Å². The van der Waals surface area contributed by atoms with Crippen LogP contribution in [0.25, 0.3) is 0 Å². The van der Waals surface area contributed by atoms with Crippen LogP contribution in [0.2, 0.25) is 0 Å². The molecule has 126 valence electrons. The van der Waals surface area contributed by atoms with Gasteiger partial charge in [0.25, 0.3) is 0 Å². The maximum absolute atomic E-state index is 11.8. The minimum absolute atomic E-state index is 0. The van der Waals surface area contributed by atoms with Crippen LogP contribution in [0.5, 0.6) is 0 Å². The molecular formula is C15H25ClN2O3S. The first-order valence-corrected chi connectivity index (χ1v) is 8.98. The first kappa shape index (κ1) is 20.9. The molecule has 0 heterocycles. The van der Waals surface area contributed by atoms with Crippen molar-refractivity contribution >= 4 is 28.2 Å². The van der Waals surface area contributed by atoms with Gasteiger partial charge in [0.15, 0.2) is 9.84 Å². The minimum Gasteiger partial charge on any atom is -0.355 e. The zero-order valence-electron chi connectivity index (χ0n) is 12.8. The fourth-order valence-corrected chi connectivity index (χ4v) is 3.13. The molecule has 0 aliphatic rings. The Bertz CT molecular complexity index is 533. The molecule has 3 N–H and O–H groups in total. The summed E-state index contributed by atoms with van der Waals surface area (Å²) in [5, 5.41) is 2.58. The number of carbonyl (C=O) groups excluding carboxylic acids is 1. The largest absolute Gasteiger partial charge is 0.355 e. The molecule has 5 nitrogen and oxygen atoms in total. The molecule has 7 heteroatoms. The molecule has 0 saturated heterocycles. The lowest BCUT2D eigenvalue weighted by molar-refractivity contribution is -0.118. The fraction of sp³-hybridized carbons (Fsp3) is 0.533. The number of amides is 1. The van der Waals surface area contributed by atoms with E-state index in [1.165, 1.54) is 0 Å². The molecule has 1 aromatic rings. The second kappa shape index (κ2) is 10.6. The number of halogens is 1. The number of hydrogen-bond donors (Lipinski definition) is 2. The predicted octanol–water partition coefficient (Wildman–Crippen LogP) is 1.31. The fourth-order valence-electron chi connectivity index (χ4n) is 1.90. The zero-order valence-corrected chi connectivity index (χ0v) is 14.5. The van der Waals surface area contributed by atoms with Crippen LogP contribution in [0.1, 0.15) is 25.3 Å². The van der Waals surface area contributed by atoms with Gasteiger partial charge in [-0.25, -0.2) is 8.42 Å². The Kier molecular flexibility index (Phi) is 10.1. The van der Waals surface area contributed by atoms with Crippen LogP contribution < -0.4 is 11.1 Å². The van der Waals surface area contributed by atoms with Crippen molar-refractivity contribution in [3.8, 4) is 0 Å². The number of nitrogens with one attached hydrogen (secondary N) is 1. The lowest BCUT2D eigenvalue weighted by atomic mass is 10.1. The highest BCUT2D eigenvalue weighted by Gasteiger charge is 2.16. The van der Waals surface area contributed by atoms with Crippen molar-refractivity contribution in [3.05, 3.63) is 35.9 Å². The number of carbonyl (C=O) groups is 1. The highest BCUT2D eigenvalue weighted by atomic mass is 35.5. The summed E-state index contributed by atoms with van der Waals surface area (Å²) in [6, 6.07) is 9.70. The molecule has 22 heavy (non-hydrogen) atoms. The van der Waals surface area contributed by atoms with Gasteiger partial charge in [-0.1, -0.05) is 30.3 Å². The molecule has 1 amide bonds. The van der Waals surface area contributed by atoms with E-state index in [0.717, 1.165) is 5.56 Å². The van der Waals surface area contributed by atoms with Crippen molar-refractivity contribution in [2.45, 2.75) is 32.2 Å². The second-order valence-corrected chi connectivity index (χ2v) is 7.48. The summed E-state index contributed by atoms with van der Waals surface area (Å²) in [5.41, 5.74) is 6.66. The van der Waals surface area contributed by atoms with Crippen LogP contribution in [-0.4, -0.2) is 38.4 Å². The first-order valence-electron chi connectivity index (χ1n) is 7.16. The highest BCUT2D eigenvalue weighted by Crippen LogP contribution is 2.04. The van der Waals surface area contributed by atoms with Gasteiger partial charge in [0, 0.05) is 12.6 Å². The van der Waals surface area contributed by atoms with Gasteiger partial charge in [0.1, 0.15) is 5.75 Å². The molecule has 0 aromatic heterocycles. The third-order valence-corrected chi connectivity index (χ3v) is 4.65. The van der Waals surface area contributed by atoms with Gasteiger partial charge in [-0.15, -0.1) is 12.4 Å². The monoisotopic (exact) mass is 348 g/mol. The smallest absolute Gasteiger partial charge is 0.235 e. The third kappa shape index (κ3) is 9.76. The molecule has 0 spiro atoms. The molecule has 0 fully saturated rings. The molecule has 1 aromatic carbocycles. The van der Waals surface area contributed by atoms with Crippen molar-refractivity contribution in [1.29, 1.82) is 0 Å². The van der Waals surface area contributed by atoms with Crippen LogP contribution in [0.4, 0.5) is 0 Å². The maximum atomic E-state index is 11.8. The Morgan fingerprint density at radius 3 is 2.50 bits per heavy atom. The van der Waals surface area contributed by atoms with E-state index in [2.05, 4.69) is 5.32 Å². The summed E-state index contributed by atoms with van der Waals surface area (Å²) in [5.74, 6) is -0.862. The van der Waals surface area contributed by atoms with Crippen molar-refractivity contribution < 1.29 is 13.2 Å². The molecule has 0 aliphatic carbocycles. The number of aryl methyl sites for hydroxylation is 1. The lowest BCUT2D eigenvalue weighted by Crippen LogP contribution is -2.34. The van der Waals surface area contributed by atoms with E-state index >= 15 is 0 Å². The number of nitrogens with two attached hydrogens (primary N) is 1. The van der Waals surface area contributed by atoms with Crippen LogP contribution in [0.15, 0.2) is 30.3 Å². The molecule has 0 radical (unpaired) electrons. The standard InChI is InChI=1S/C15H24N2O3S.ClH/c1-13(16)9-10-17-15(18)12-21(19,20)11-5-8-14-6-3-2-4-7-14;/h2-4,6-7,13H,5,8-12,16H2,1H3,(H,17,18);1H. The second-order valence-electron chi connectivity index (χ2n) is 5.30. The normalized spacial score (nSPS) is 12.3. The van der Waals surface area contributed by atoms with Gasteiger partial charge in [0.05, 0.1) is 5.75 Å². The molecule has 0 saturated carbocycles. The Morgan fingerprint density at radius 1 is 1.27 bits per heavy atom. The Hall–Kier alpha value is -1.11. The summed E-state index contributed by atoms with van der Waals surface area (Å²) < 4.78 is 23.7. The van der Waals surface area contributed by atoms with Crippen molar-refractivity contribution in [2.75, 3.05) is 18.1 Å². The van der Waals surface area contributed by atoms with Crippen LogP contribution in [0.3, 0.4) is 0 Å². The van der Waals surface area contributed by atoms with Gasteiger partial charge in [-0.3, -0.25) is 4.79 Å². The topological polar surface area (TPSA) is 89.3 Å².